The molecular formula is C19H23N5O3. The summed E-state index contributed by atoms with van der Waals surface area (Å²) in [5.41, 5.74) is 2.51. The van der Waals surface area contributed by atoms with E-state index in [1.54, 1.807) is 6.33 Å². The number of benzene rings is 1. The molecule has 1 N–H and O–H groups in total. The maximum atomic E-state index is 5.77. The quantitative estimate of drug-likeness (QED) is 0.640. The number of nitrogens with one attached hydrogen (secondary N) is 1. The zero-order valence-electron chi connectivity index (χ0n) is 15.4. The number of anilines is 1. The highest BCUT2D eigenvalue weighted by Gasteiger charge is 2.16. The molecule has 1 aliphatic heterocycles. The van der Waals surface area contributed by atoms with Crippen LogP contribution < -0.4 is 9.64 Å². The molecule has 2 aromatic heterocycles. The molecule has 0 radical (unpaired) electrons. The molecule has 0 atom stereocenters. The molecule has 0 bridgehead atoms. The molecule has 0 spiro atoms. The van der Waals surface area contributed by atoms with Gasteiger partial charge in [0.1, 0.15) is 30.2 Å². The van der Waals surface area contributed by atoms with E-state index < -0.39 is 0 Å². The third-order valence-corrected chi connectivity index (χ3v) is 4.47. The van der Waals surface area contributed by atoms with Crippen molar-refractivity contribution in [2.75, 3.05) is 51.0 Å². The van der Waals surface area contributed by atoms with E-state index in [1.807, 2.05) is 31.2 Å². The van der Waals surface area contributed by atoms with Crippen molar-refractivity contribution >= 4 is 16.7 Å². The van der Waals surface area contributed by atoms with Gasteiger partial charge in [0.15, 0.2) is 0 Å². The minimum absolute atomic E-state index is 0.515. The number of rotatable bonds is 7. The Labute approximate surface area is 157 Å². The zero-order chi connectivity index (χ0) is 18.5. The average molecular weight is 369 g/mol. The SMILES string of the molecule is CCOCCOc1ccc2[nH]nc(-c3cc(N4CCOCC4)ncn3)c2c1. The van der Waals surface area contributed by atoms with Gasteiger partial charge in [-0.15, -0.1) is 0 Å². The molecule has 0 aliphatic carbocycles. The van der Waals surface area contributed by atoms with Crippen molar-refractivity contribution in [3.8, 4) is 17.1 Å². The first-order chi connectivity index (χ1) is 13.3. The van der Waals surface area contributed by atoms with Crippen molar-refractivity contribution in [1.82, 2.24) is 20.2 Å². The van der Waals surface area contributed by atoms with Crippen molar-refractivity contribution in [1.29, 1.82) is 0 Å². The van der Waals surface area contributed by atoms with E-state index in [1.165, 1.54) is 0 Å². The van der Waals surface area contributed by atoms with E-state index in [-0.39, 0.29) is 0 Å². The molecule has 3 aromatic rings. The van der Waals surface area contributed by atoms with Gasteiger partial charge in [-0.1, -0.05) is 0 Å². The molecule has 4 rings (SSSR count). The molecule has 8 heteroatoms. The second kappa shape index (κ2) is 8.32. The number of morpholine rings is 1. The highest BCUT2D eigenvalue weighted by molar-refractivity contribution is 5.93. The largest absolute Gasteiger partial charge is 0.491 e. The van der Waals surface area contributed by atoms with Crippen LogP contribution in [0.3, 0.4) is 0 Å². The lowest BCUT2D eigenvalue weighted by atomic mass is 10.1. The molecule has 1 aromatic carbocycles. The Morgan fingerprint density at radius 3 is 2.89 bits per heavy atom. The predicted molar refractivity (Wildman–Crippen MR) is 102 cm³/mol. The van der Waals surface area contributed by atoms with Crippen LogP contribution in [0.5, 0.6) is 5.75 Å². The molecule has 142 valence electrons. The van der Waals surface area contributed by atoms with Crippen LogP contribution in [0.15, 0.2) is 30.6 Å². The fraction of sp³-hybridized carbons (Fsp3) is 0.421. The van der Waals surface area contributed by atoms with Crippen molar-refractivity contribution < 1.29 is 14.2 Å². The Balaban J connectivity index is 1.59. The lowest BCUT2D eigenvalue weighted by Crippen LogP contribution is -2.36. The standard InChI is InChI=1S/C19H23N5O3/c1-2-25-9-10-27-14-3-4-16-15(11-14)19(23-22-16)17-12-18(21-13-20-17)24-5-7-26-8-6-24/h3-4,11-13H,2,5-10H2,1H3,(H,22,23). The molecule has 27 heavy (non-hydrogen) atoms. The molecule has 0 saturated carbocycles. The Morgan fingerprint density at radius 2 is 2.04 bits per heavy atom. The highest BCUT2D eigenvalue weighted by Crippen LogP contribution is 2.29. The van der Waals surface area contributed by atoms with Crippen LogP contribution in [0.25, 0.3) is 22.3 Å². The first-order valence-corrected chi connectivity index (χ1v) is 9.19. The smallest absolute Gasteiger partial charge is 0.132 e. The Kier molecular flexibility index (Phi) is 5.45. The third-order valence-electron chi connectivity index (χ3n) is 4.47. The normalized spacial score (nSPS) is 14.6. The van der Waals surface area contributed by atoms with Gasteiger partial charge in [0.25, 0.3) is 0 Å². The molecule has 1 aliphatic rings. The van der Waals surface area contributed by atoms with E-state index in [0.29, 0.717) is 33.0 Å². The summed E-state index contributed by atoms with van der Waals surface area (Å²) in [6.07, 6.45) is 1.59. The fourth-order valence-electron chi connectivity index (χ4n) is 3.08. The average Bonchev–Trinajstić information content (AvgIpc) is 3.15. The monoisotopic (exact) mass is 369 g/mol. The lowest BCUT2D eigenvalue weighted by molar-refractivity contribution is 0.110. The lowest BCUT2D eigenvalue weighted by Gasteiger charge is -2.27. The van der Waals surface area contributed by atoms with Crippen molar-refractivity contribution in [2.45, 2.75) is 6.92 Å². The Morgan fingerprint density at radius 1 is 1.15 bits per heavy atom. The van der Waals surface area contributed by atoms with E-state index >= 15 is 0 Å². The molecule has 8 nitrogen and oxygen atoms in total. The van der Waals surface area contributed by atoms with Gasteiger partial charge in [-0.2, -0.15) is 5.10 Å². The van der Waals surface area contributed by atoms with Gasteiger partial charge in [0.05, 0.1) is 31.0 Å². The van der Waals surface area contributed by atoms with Crippen LogP contribution in [0.4, 0.5) is 5.82 Å². The van der Waals surface area contributed by atoms with Crippen molar-refractivity contribution in [2.24, 2.45) is 0 Å². The number of fused-ring (bicyclic) bond motifs is 1. The summed E-state index contributed by atoms with van der Waals surface area (Å²) in [7, 11) is 0. The van der Waals surface area contributed by atoms with Gasteiger partial charge in [0.2, 0.25) is 0 Å². The van der Waals surface area contributed by atoms with Crippen molar-refractivity contribution in [3.05, 3.63) is 30.6 Å². The fourth-order valence-corrected chi connectivity index (χ4v) is 3.08. The second-order valence-electron chi connectivity index (χ2n) is 6.19. The highest BCUT2D eigenvalue weighted by atomic mass is 16.5. The topological polar surface area (TPSA) is 85.4 Å². The minimum atomic E-state index is 0.515. The van der Waals surface area contributed by atoms with Crippen molar-refractivity contribution in [3.63, 3.8) is 0 Å². The van der Waals surface area contributed by atoms with E-state index in [4.69, 9.17) is 14.2 Å². The molecule has 3 heterocycles. The van der Waals surface area contributed by atoms with Crippen LogP contribution in [0.2, 0.25) is 0 Å². The Hall–Kier alpha value is -2.71. The van der Waals surface area contributed by atoms with Crippen LogP contribution in [0, 0.1) is 0 Å². The summed E-state index contributed by atoms with van der Waals surface area (Å²) in [6, 6.07) is 7.85. The van der Waals surface area contributed by atoms with Gasteiger partial charge in [0, 0.05) is 31.1 Å². The van der Waals surface area contributed by atoms with Crippen LogP contribution >= 0.6 is 0 Å². The first kappa shape index (κ1) is 17.7. The van der Waals surface area contributed by atoms with Crippen LogP contribution in [-0.2, 0) is 9.47 Å². The molecule has 0 unspecified atom stereocenters. The predicted octanol–water partition coefficient (Wildman–Crippen LogP) is 2.27. The molecule has 1 fully saturated rings. The number of hydrogen-bond donors (Lipinski definition) is 1. The summed E-state index contributed by atoms with van der Waals surface area (Å²) in [5, 5.41) is 8.50. The van der Waals surface area contributed by atoms with E-state index in [0.717, 1.165) is 46.9 Å². The van der Waals surface area contributed by atoms with E-state index in [2.05, 4.69) is 25.1 Å². The van der Waals surface area contributed by atoms with Gasteiger partial charge in [-0.05, 0) is 25.1 Å². The number of aromatic nitrogens is 4. The Bertz CT molecular complexity index is 892. The number of H-pyrrole nitrogens is 1. The summed E-state index contributed by atoms with van der Waals surface area (Å²) >= 11 is 0. The van der Waals surface area contributed by atoms with E-state index in [9.17, 15) is 0 Å². The van der Waals surface area contributed by atoms with Crippen LogP contribution in [-0.4, -0.2) is 66.3 Å². The summed E-state index contributed by atoms with van der Waals surface area (Å²) < 4.78 is 16.5. The van der Waals surface area contributed by atoms with Gasteiger partial charge >= 0.3 is 0 Å². The molecule has 0 amide bonds. The molecule has 1 saturated heterocycles. The summed E-state index contributed by atoms with van der Waals surface area (Å²) in [6.45, 7) is 6.83. The number of hydrogen-bond acceptors (Lipinski definition) is 7. The summed E-state index contributed by atoms with van der Waals surface area (Å²) in [5.74, 6) is 1.68. The van der Waals surface area contributed by atoms with Gasteiger partial charge < -0.3 is 19.1 Å². The number of ether oxygens (including phenoxy) is 3. The van der Waals surface area contributed by atoms with Crippen LogP contribution in [0.1, 0.15) is 6.92 Å². The minimum Gasteiger partial charge on any atom is -0.491 e. The van der Waals surface area contributed by atoms with Gasteiger partial charge in [-0.3, -0.25) is 5.10 Å². The number of nitrogens with zero attached hydrogens (tertiary/aromatic N) is 4. The molecular weight excluding hydrogens is 346 g/mol. The van der Waals surface area contributed by atoms with Gasteiger partial charge in [-0.25, -0.2) is 9.97 Å². The first-order valence-electron chi connectivity index (χ1n) is 9.19. The maximum Gasteiger partial charge on any atom is 0.132 e. The summed E-state index contributed by atoms with van der Waals surface area (Å²) in [4.78, 5) is 11.0. The zero-order valence-corrected chi connectivity index (χ0v) is 15.4. The number of aromatic amines is 1. The second-order valence-corrected chi connectivity index (χ2v) is 6.19. The maximum absolute atomic E-state index is 5.77. The third kappa shape index (κ3) is 4.01.